The Balaban J connectivity index is 1.63. The van der Waals surface area contributed by atoms with Gasteiger partial charge in [-0.2, -0.15) is 17.1 Å². The highest BCUT2D eigenvalue weighted by atomic mass is 32.2. The Morgan fingerprint density at radius 3 is 2.40 bits per heavy atom. The van der Waals surface area contributed by atoms with Crippen molar-refractivity contribution in [1.29, 1.82) is 0 Å². The second-order valence-electron chi connectivity index (χ2n) is 7.96. The lowest BCUT2D eigenvalue weighted by Crippen LogP contribution is -2.42. The highest BCUT2D eigenvalue weighted by Crippen LogP contribution is 2.31. The van der Waals surface area contributed by atoms with Gasteiger partial charge >= 0.3 is 11.9 Å². The molecule has 0 aliphatic carbocycles. The van der Waals surface area contributed by atoms with Gasteiger partial charge in [0.15, 0.2) is 0 Å². The number of nitrogens with one attached hydrogen (secondary N) is 1. The van der Waals surface area contributed by atoms with Crippen molar-refractivity contribution < 1.29 is 31.1 Å². The molecule has 0 atom stereocenters. The number of carbonyl (C=O) groups excluding carboxylic acids is 1. The third-order valence-corrected chi connectivity index (χ3v) is 7.33. The SMILES string of the molecule is O=C(Cn1c(=O)n(S(=O)(=O)c2cccc(C(F)(F)F)c2)c2ccccc21)NCCN1CCOCC1. The van der Waals surface area contributed by atoms with Crippen molar-refractivity contribution in [3.8, 4) is 0 Å². The first-order valence-corrected chi connectivity index (χ1v) is 12.2. The number of ether oxygens (including phenoxy) is 1. The average Bonchev–Trinajstić information content (AvgIpc) is 3.11. The fourth-order valence-electron chi connectivity index (χ4n) is 3.88. The maximum atomic E-state index is 13.3. The third-order valence-electron chi connectivity index (χ3n) is 5.65. The summed E-state index contributed by atoms with van der Waals surface area (Å²) in [5.74, 6) is -0.500. The Kier molecular flexibility index (Phi) is 7.01. The Hall–Kier alpha value is -3.16. The van der Waals surface area contributed by atoms with E-state index in [0.717, 1.165) is 35.9 Å². The smallest absolute Gasteiger partial charge is 0.379 e. The molecular weight excluding hydrogens is 489 g/mol. The Morgan fingerprint density at radius 2 is 1.71 bits per heavy atom. The van der Waals surface area contributed by atoms with Gasteiger partial charge in [0.1, 0.15) is 6.54 Å². The molecule has 0 unspecified atom stereocenters. The van der Waals surface area contributed by atoms with Gasteiger partial charge in [0.2, 0.25) is 5.91 Å². The van der Waals surface area contributed by atoms with E-state index in [2.05, 4.69) is 10.2 Å². The summed E-state index contributed by atoms with van der Waals surface area (Å²) in [5.41, 5.74) is -2.09. The predicted octanol–water partition coefficient (Wildman–Crippen LogP) is 1.51. The number of alkyl halides is 3. The van der Waals surface area contributed by atoms with Crippen LogP contribution < -0.4 is 11.0 Å². The molecule has 3 aromatic rings. The topological polar surface area (TPSA) is 103 Å². The molecule has 0 spiro atoms. The standard InChI is InChI=1S/C22H23F3N4O5S/c23-22(24,25)16-4-3-5-17(14-16)35(32,33)29-19-7-2-1-6-18(19)28(21(29)31)15-20(30)26-8-9-27-10-12-34-13-11-27/h1-7,14H,8-13,15H2,(H,26,30). The van der Waals surface area contributed by atoms with Crippen LogP contribution in [0.3, 0.4) is 0 Å². The van der Waals surface area contributed by atoms with Gasteiger partial charge in [0, 0.05) is 26.2 Å². The van der Waals surface area contributed by atoms with Gasteiger partial charge < -0.3 is 10.1 Å². The summed E-state index contributed by atoms with van der Waals surface area (Å²) < 4.78 is 72.6. The molecule has 2 aromatic carbocycles. The maximum absolute atomic E-state index is 13.3. The lowest BCUT2D eigenvalue weighted by Gasteiger charge is -2.26. The van der Waals surface area contributed by atoms with Crippen molar-refractivity contribution in [2.75, 3.05) is 39.4 Å². The van der Waals surface area contributed by atoms with E-state index in [1.54, 1.807) is 6.07 Å². The van der Waals surface area contributed by atoms with Crippen LogP contribution in [0.4, 0.5) is 13.2 Å². The highest BCUT2D eigenvalue weighted by molar-refractivity contribution is 7.90. The van der Waals surface area contributed by atoms with Crippen LogP contribution >= 0.6 is 0 Å². The zero-order chi connectivity index (χ0) is 25.2. The molecule has 1 aromatic heterocycles. The van der Waals surface area contributed by atoms with Crippen LogP contribution in [0.5, 0.6) is 0 Å². The fraction of sp³-hybridized carbons (Fsp3) is 0.364. The molecular formula is C22H23F3N4O5S. The predicted molar refractivity (Wildman–Crippen MR) is 120 cm³/mol. The molecule has 4 rings (SSSR count). The molecule has 1 amide bonds. The number of para-hydroxylation sites is 2. The van der Waals surface area contributed by atoms with E-state index in [0.29, 0.717) is 36.3 Å². The summed E-state index contributed by atoms with van der Waals surface area (Å²) in [6.07, 6.45) is -4.76. The molecule has 35 heavy (non-hydrogen) atoms. The molecule has 0 saturated carbocycles. The lowest BCUT2D eigenvalue weighted by molar-refractivity contribution is -0.137. The molecule has 1 fully saturated rings. The summed E-state index contributed by atoms with van der Waals surface area (Å²) in [5, 5.41) is 2.71. The second-order valence-corrected chi connectivity index (χ2v) is 9.74. The van der Waals surface area contributed by atoms with Crippen molar-refractivity contribution in [2.45, 2.75) is 17.6 Å². The maximum Gasteiger partial charge on any atom is 0.416 e. The first-order chi connectivity index (χ1) is 16.6. The van der Waals surface area contributed by atoms with Crippen LogP contribution in [0.2, 0.25) is 0 Å². The minimum Gasteiger partial charge on any atom is -0.379 e. The number of halogens is 3. The van der Waals surface area contributed by atoms with Crippen LogP contribution in [-0.2, 0) is 32.3 Å². The third kappa shape index (κ3) is 5.26. The monoisotopic (exact) mass is 512 g/mol. The van der Waals surface area contributed by atoms with Gasteiger partial charge in [-0.3, -0.25) is 14.3 Å². The molecule has 188 valence electrons. The van der Waals surface area contributed by atoms with Crippen molar-refractivity contribution >= 4 is 27.0 Å². The summed E-state index contributed by atoms with van der Waals surface area (Å²) in [6.45, 7) is 3.19. The van der Waals surface area contributed by atoms with Gasteiger partial charge in [0.05, 0.1) is 34.7 Å². The molecule has 1 N–H and O–H groups in total. The number of carbonyl (C=O) groups is 1. The number of aromatic nitrogens is 2. The summed E-state index contributed by atoms with van der Waals surface area (Å²) in [6, 6.07) is 9.05. The van der Waals surface area contributed by atoms with Crippen molar-refractivity contribution in [2.24, 2.45) is 0 Å². The quantitative estimate of drug-likeness (QED) is 0.515. The zero-order valence-electron chi connectivity index (χ0n) is 18.5. The molecule has 1 aliphatic heterocycles. The first-order valence-electron chi connectivity index (χ1n) is 10.8. The minimum atomic E-state index is -4.76. The number of amides is 1. The molecule has 0 radical (unpaired) electrons. The summed E-state index contributed by atoms with van der Waals surface area (Å²) in [7, 11) is -4.69. The van der Waals surface area contributed by atoms with Crippen LogP contribution in [0.25, 0.3) is 11.0 Å². The number of morpholine rings is 1. The number of nitrogens with zero attached hydrogens (tertiary/aromatic N) is 3. The van der Waals surface area contributed by atoms with E-state index in [1.807, 2.05) is 0 Å². The summed E-state index contributed by atoms with van der Waals surface area (Å²) >= 11 is 0. The largest absolute Gasteiger partial charge is 0.416 e. The highest BCUT2D eigenvalue weighted by Gasteiger charge is 2.33. The van der Waals surface area contributed by atoms with E-state index in [1.165, 1.54) is 18.2 Å². The normalized spacial score (nSPS) is 15.4. The number of fused-ring (bicyclic) bond motifs is 1. The molecule has 1 aliphatic rings. The minimum absolute atomic E-state index is 0.0453. The molecule has 13 heteroatoms. The van der Waals surface area contributed by atoms with Crippen LogP contribution in [0.15, 0.2) is 58.2 Å². The Morgan fingerprint density at radius 1 is 1.03 bits per heavy atom. The number of imidazole rings is 1. The Labute approximate surface area is 198 Å². The Bertz CT molecular complexity index is 1390. The van der Waals surface area contributed by atoms with Gasteiger partial charge in [-0.1, -0.05) is 18.2 Å². The van der Waals surface area contributed by atoms with E-state index in [9.17, 15) is 31.2 Å². The molecule has 0 bridgehead atoms. The number of hydrogen-bond acceptors (Lipinski definition) is 6. The zero-order valence-corrected chi connectivity index (χ0v) is 19.3. The van der Waals surface area contributed by atoms with Crippen LogP contribution in [0, 0.1) is 0 Å². The van der Waals surface area contributed by atoms with Gasteiger partial charge in [-0.15, -0.1) is 0 Å². The van der Waals surface area contributed by atoms with Crippen molar-refractivity contribution in [3.63, 3.8) is 0 Å². The van der Waals surface area contributed by atoms with E-state index >= 15 is 0 Å². The van der Waals surface area contributed by atoms with E-state index in [4.69, 9.17) is 4.74 Å². The van der Waals surface area contributed by atoms with Crippen LogP contribution in [-0.4, -0.2) is 67.2 Å². The van der Waals surface area contributed by atoms with E-state index < -0.39 is 44.8 Å². The van der Waals surface area contributed by atoms with Gasteiger partial charge in [0.25, 0.3) is 10.0 Å². The average molecular weight is 513 g/mol. The van der Waals surface area contributed by atoms with E-state index in [-0.39, 0.29) is 11.0 Å². The van der Waals surface area contributed by atoms with Crippen molar-refractivity contribution in [1.82, 2.24) is 18.8 Å². The number of hydrogen-bond donors (Lipinski definition) is 1. The molecule has 2 heterocycles. The molecule has 1 saturated heterocycles. The first kappa shape index (κ1) is 24.9. The second kappa shape index (κ2) is 9.84. The number of rotatable bonds is 7. The molecule has 9 nitrogen and oxygen atoms in total. The number of benzene rings is 2. The van der Waals surface area contributed by atoms with Crippen molar-refractivity contribution in [3.05, 3.63) is 64.6 Å². The fourth-order valence-corrected chi connectivity index (χ4v) is 5.34. The summed E-state index contributed by atoms with van der Waals surface area (Å²) in [4.78, 5) is 27.1. The lowest BCUT2D eigenvalue weighted by atomic mass is 10.2. The van der Waals surface area contributed by atoms with Crippen LogP contribution in [0.1, 0.15) is 5.56 Å². The van der Waals surface area contributed by atoms with Gasteiger partial charge in [-0.25, -0.2) is 13.2 Å². The van der Waals surface area contributed by atoms with Gasteiger partial charge in [-0.05, 0) is 30.3 Å².